The molecule has 4 rings (SSSR count). The van der Waals surface area contributed by atoms with E-state index in [-0.39, 0.29) is 42.3 Å². The second kappa shape index (κ2) is 10.8. The van der Waals surface area contributed by atoms with Gasteiger partial charge in [0.2, 0.25) is 5.91 Å². The van der Waals surface area contributed by atoms with Crippen molar-refractivity contribution >= 4 is 45.6 Å². The lowest BCUT2D eigenvalue weighted by Crippen LogP contribution is -2.38. The summed E-state index contributed by atoms with van der Waals surface area (Å²) in [6.45, 7) is 3.19. The van der Waals surface area contributed by atoms with E-state index in [1.165, 1.54) is 28.8 Å². The van der Waals surface area contributed by atoms with Gasteiger partial charge in [0.1, 0.15) is 11.5 Å². The number of nitrogens with one attached hydrogen (secondary N) is 1. The van der Waals surface area contributed by atoms with Crippen molar-refractivity contribution in [3.63, 3.8) is 0 Å². The average Bonchev–Trinajstić information content (AvgIpc) is 3.51. The molecule has 0 bridgehead atoms. The van der Waals surface area contributed by atoms with E-state index < -0.39 is 5.97 Å². The lowest BCUT2D eigenvalue weighted by atomic mass is 9.97. The van der Waals surface area contributed by atoms with Crippen molar-refractivity contribution in [2.45, 2.75) is 32.1 Å². The molecule has 1 fully saturated rings. The van der Waals surface area contributed by atoms with Gasteiger partial charge in [0.05, 0.1) is 18.0 Å². The number of halogens is 1. The van der Waals surface area contributed by atoms with Gasteiger partial charge in [0.15, 0.2) is 10.8 Å². The van der Waals surface area contributed by atoms with E-state index >= 15 is 0 Å². The van der Waals surface area contributed by atoms with Gasteiger partial charge in [0.25, 0.3) is 5.91 Å². The van der Waals surface area contributed by atoms with Crippen LogP contribution in [-0.4, -0.2) is 52.3 Å². The number of amides is 2. The molecule has 1 N–H and O–H groups in total. The van der Waals surface area contributed by atoms with E-state index in [4.69, 9.17) is 4.74 Å². The van der Waals surface area contributed by atoms with Crippen molar-refractivity contribution in [2.75, 3.05) is 25.0 Å². The number of carbonyl (C=O) groups is 3. The number of thiazole rings is 2. The van der Waals surface area contributed by atoms with Gasteiger partial charge in [-0.15, -0.1) is 22.7 Å². The van der Waals surface area contributed by atoms with E-state index in [0.717, 1.165) is 34.7 Å². The predicted octanol–water partition coefficient (Wildman–Crippen LogP) is 4.12. The normalized spacial score (nSPS) is 14.1. The van der Waals surface area contributed by atoms with Crippen molar-refractivity contribution in [1.82, 2.24) is 14.9 Å². The predicted molar refractivity (Wildman–Crippen MR) is 127 cm³/mol. The monoisotopic (exact) mass is 502 g/mol. The van der Waals surface area contributed by atoms with Crippen LogP contribution in [0.15, 0.2) is 35.0 Å². The summed E-state index contributed by atoms with van der Waals surface area (Å²) >= 11 is 2.56. The van der Waals surface area contributed by atoms with Gasteiger partial charge in [-0.25, -0.2) is 19.2 Å². The number of piperidine rings is 1. The third kappa shape index (κ3) is 5.84. The van der Waals surface area contributed by atoms with E-state index in [9.17, 15) is 18.8 Å². The molecule has 0 saturated carbocycles. The molecule has 0 unspecified atom stereocenters. The summed E-state index contributed by atoms with van der Waals surface area (Å²) in [4.78, 5) is 47.3. The van der Waals surface area contributed by atoms with Crippen LogP contribution in [0, 0.1) is 5.82 Å². The third-order valence-electron chi connectivity index (χ3n) is 5.43. The Morgan fingerprint density at radius 2 is 1.79 bits per heavy atom. The number of anilines is 1. The van der Waals surface area contributed by atoms with Gasteiger partial charge in [-0.05, 0) is 37.5 Å². The first-order chi connectivity index (χ1) is 16.4. The van der Waals surface area contributed by atoms with Gasteiger partial charge in [-0.2, -0.15) is 0 Å². The maximum absolute atomic E-state index is 13.1. The van der Waals surface area contributed by atoms with Gasteiger partial charge < -0.3 is 9.64 Å². The number of carbonyl (C=O) groups excluding carboxylic acids is 3. The molecule has 3 heterocycles. The Kier molecular flexibility index (Phi) is 7.63. The molecular weight excluding hydrogens is 479 g/mol. The molecule has 0 radical (unpaired) electrons. The highest BCUT2D eigenvalue weighted by Crippen LogP contribution is 2.31. The Balaban J connectivity index is 1.29. The highest BCUT2D eigenvalue weighted by atomic mass is 32.1. The number of aromatic nitrogens is 2. The summed E-state index contributed by atoms with van der Waals surface area (Å²) < 4.78 is 18.0. The second-order valence-electron chi connectivity index (χ2n) is 7.74. The number of hydrogen-bond donors (Lipinski definition) is 1. The maximum atomic E-state index is 13.1. The molecule has 178 valence electrons. The van der Waals surface area contributed by atoms with Crippen molar-refractivity contribution in [1.29, 1.82) is 0 Å². The Morgan fingerprint density at radius 1 is 1.09 bits per heavy atom. The number of likely N-dealkylation sites (tertiary alicyclic amines) is 1. The van der Waals surface area contributed by atoms with Crippen LogP contribution < -0.4 is 5.32 Å². The number of hydrogen-bond acceptors (Lipinski definition) is 8. The van der Waals surface area contributed by atoms with Crippen LogP contribution in [0.4, 0.5) is 9.52 Å². The largest absolute Gasteiger partial charge is 0.461 e. The lowest BCUT2D eigenvalue weighted by molar-refractivity contribution is -0.131. The number of nitrogens with zero attached hydrogens (tertiary/aromatic N) is 3. The smallest absolute Gasteiger partial charge is 0.357 e. The Morgan fingerprint density at radius 3 is 2.50 bits per heavy atom. The number of ether oxygens (including phenoxy) is 1. The van der Waals surface area contributed by atoms with Gasteiger partial charge >= 0.3 is 5.97 Å². The fraction of sp³-hybridized carbons (Fsp3) is 0.348. The highest BCUT2D eigenvalue weighted by molar-refractivity contribution is 7.14. The standard InChI is InChI=1S/C23H23FN4O4S2/c1-2-32-22(31)18-13-34-23(26-18)27-20(30)17-12-33-21(25-17)15-7-9-28(10-8-15)19(29)11-14-3-5-16(24)6-4-14/h3-6,12-13,15H,2,7-11H2,1H3,(H,26,27,30). The molecule has 11 heteroatoms. The quantitative estimate of drug-likeness (QED) is 0.488. The third-order valence-corrected chi connectivity index (χ3v) is 7.19. The molecule has 34 heavy (non-hydrogen) atoms. The molecule has 0 aliphatic carbocycles. The zero-order valence-electron chi connectivity index (χ0n) is 18.5. The van der Waals surface area contributed by atoms with Gasteiger partial charge in [-0.3, -0.25) is 14.9 Å². The van der Waals surface area contributed by atoms with Crippen LogP contribution in [0.25, 0.3) is 0 Å². The van der Waals surface area contributed by atoms with Crippen LogP contribution in [0.2, 0.25) is 0 Å². The number of benzene rings is 1. The van der Waals surface area contributed by atoms with Gasteiger partial charge in [0, 0.05) is 29.8 Å². The van der Waals surface area contributed by atoms with Crippen LogP contribution >= 0.6 is 22.7 Å². The van der Waals surface area contributed by atoms with Crippen molar-refractivity contribution in [2.24, 2.45) is 0 Å². The number of esters is 1. The van der Waals surface area contributed by atoms with Crippen molar-refractivity contribution < 1.29 is 23.5 Å². The van der Waals surface area contributed by atoms with E-state index in [1.54, 1.807) is 24.4 Å². The van der Waals surface area contributed by atoms with Crippen LogP contribution in [0.1, 0.15) is 57.2 Å². The van der Waals surface area contributed by atoms with Crippen molar-refractivity contribution in [3.8, 4) is 0 Å². The minimum atomic E-state index is -0.530. The summed E-state index contributed by atoms with van der Waals surface area (Å²) in [5.41, 5.74) is 1.24. The molecule has 1 aromatic carbocycles. The molecular formula is C23H23FN4O4S2. The molecule has 1 saturated heterocycles. The average molecular weight is 503 g/mol. The molecule has 0 spiro atoms. The topological polar surface area (TPSA) is 101 Å². The van der Waals surface area contributed by atoms with E-state index in [1.807, 2.05) is 4.90 Å². The first-order valence-corrected chi connectivity index (χ1v) is 12.6. The van der Waals surface area contributed by atoms with Gasteiger partial charge in [-0.1, -0.05) is 12.1 Å². The lowest BCUT2D eigenvalue weighted by Gasteiger charge is -2.31. The van der Waals surface area contributed by atoms with E-state index in [0.29, 0.717) is 23.9 Å². The molecule has 1 aliphatic heterocycles. The first kappa shape index (κ1) is 24.0. The van der Waals surface area contributed by atoms with Crippen LogP contribution in [0.3, 0.4) is 0 Å². The molecule has 2 aromatic heterocycles. The Bertz CT molecular complexity index is 1170. The summed E-state index contributed by atoms with van der Waals surface area (Å²) in [5.74, 6) is -1.04. The van der Waals surface area contributed by atoms with Crippen LogP contribution in [0.5, 0.6) is 0 Å². The Labute approximate surface area is 203 Å². The molecule has 0 atom stereocenters. The summed E-state index contributed by atoms with van der Waals surface area (Å²) in [6, 6.07) is 5.98. The number of rotatable bonds is 7. The molecule has 8 nitrogen and oxygen atoms in total. The van der Waals surface area contributed by atoms with Crippen molar-refractivity contribution in [3.05, 3.63) is 62.8 Å². The molecule has 1 aliphatic rings. The first-order valence-electron chi connectivity index (χ1n) is 10.8. The Hall–Kier alpha value is -3.18. The molecule has 2 amide bonds. The molecule has 3 aromatic rings. The second-order valence-corrected chi connectivity index (χ2v) is 9.49. The summed E-state index contributed by atoms with van der Waals surface area (Å²) in [6.07, 6.45) is 1.78. The van der Waals surface area contributed by atoms with Crippen LogP contribution in [-0.2, 0) is 16.0 Å². The zero-order chi connectivity index (χ0) is 24.1. The minimum absolute atomic E-state index is 0.0231. The summed E-state index contributed by atoms with van der Waals surface area (Å²) in [5, 5.41) is 7.07. The fourth-order valence-electron chi connectivity index (χ4n) is 3.64. The SMILES string of the molecule is CCOC(=O)c1csc(NC(=O)c2csc(C3CCN(C(=O)Cc4ccc(F)cc4)CC3)n2)n1. The highest BCUT2D eigenvalue weighted by Gasteiger charge is 2.26. The zero-order valence-corrected chi connectivity index (χ0v) is 20.1. The summed E-state index contributed by atoms with van der Waals surface area (Å²) in [7, 11) is 0. The maximum Gasteiger partial charge on any atom is 0.357 e. The van der Waals surface area contributed by atoms with E-state index in [2.05, 4.69) is 15.3 Å². The fourth-order valence-corrected chi connectivity index (χ4v) is 5.28. The minimum Gasteiger partial charge on any atom is -0.461 e.